The van der Waals surface area contributed by atoms with E-state index in [-0.39, 0.29) is 11.4 Å². The number of rotatable bonds is 4. The minimum absolute atomic E-state index is 0.115. The molecule has 0 fully saturated rings. The predicted octanol–water partition coefficient (Wildman–Crippen LogP) is 4.45. The first kappa shape index (κ1) is 16.4. The second-order valence-corrected chi connectivity index (χ2v) is 6.52. The van der Waals surface area contributed by atoms with Crippen LogP contribution in [0.2, 0.25) is 5.02 Å². The third kappa shape index (κ3) is 4.78. The van der Waals surface area contributed by atoms with Crippen LogP contribution in [-0.2, 0) is 6.61 Å². The Bertz CT molecular complexity index is 662. The Morgan fingerprint density at radius 2 is 1.86 bits per heavy atom. The Balaban J connectivity index is 2.06. The first-order valence-corrected chi connectivity index (χ1v) is 7.52. The van der Waals surface area contributed by atoms with Crippen LogP contribution in [0.1, 0.15) is 36.7 Å². The molecule has 0 saturated heterocycles. The van der Waals surface area contributed by atoms with E-state index in [9.17, 15) is 4.79 Å². The summed E-state index contributed by atoms with van der Waals surface area (Å²) in [6.45, 7) is 6.21. The molecule has 1 N–H and O–H groups in total. The lowest BCUT2D eigenvalue weighted by Crippen LogP contribution is -2.40. The van der Waals surface area contributed by atoms with Gasteiger partial charge in [-0.05, 0) is 45.0 Å². The maximum Gasteiger partial charge on any atom is 0.251 e. The highest BCUT2D eigenvalue weighted by molar-refractivity contribution is 6.31. The molecule has 2 aromatic carbocycles. The summed E-state index contributed by atoms with van der Waals surface area (Å²) in [6.07, 6.45) is 0. The minimum atomic E-state index is -0.272. The van der Waals surface area contributed by atoms with Crippen molar-refractivity contribution in [2.75, 3.05) is 0 Å². The molecule has 2 rings (SSSR count). The molecule has 22 heavy (non-hydrogen) atoms. The molecule has 0 aliphatic carbocycles. The van der Waals surface area contributed by atoms with Gasteiger partial charge in [0, 0.05) is 21.7 Å². The Hall–Kier alpha value is -2.00. The maximum atomic E-state index is 12.2. The van der Waals surface area contributed by atoms with E-state index in [4.69, 9.17) is 16.3 Å². The van der Waals surface area contributed by atoms with E-state index in [1.165, 1.54) is 0 Å². The molecule has 116 valence electrons. The van der Waals surface area contributed by atoms with Crippen LogP contribution in [0.15, 0.2) is 48.5 Å². The molecular weight excluding hydrogens is 298 g/mol. The lowest BCUT2D eigenvalue weighted by molar-refractivity contribution is 0.0919. The van der Waals surface area contributed by atoms with Crippen molar-refractivity contribution in [2.45, 2.75) is 32.9 Å². The van der Waals surface area contributed by atoms with Crippen molar-refractivity contribution < 1.29 is 9.53 Å². The number of carbonyl (C=O) groups is 1. The topological polar surface area (TPSA) is 38.3 Å². The highest BCUT2D eigenvalue weighted by Gasteiger charge is 2.15. The standard InChI is InChI=1S/C18H20ClNO2/c1-18(2,3)20-17(21)13-8-6-9-15(11-13)22-12-14-7-4-5-10-16(14)19/h4-11H,12H2,1-3H3,(H,20,21). The largest absolute Gasteiger partial charge is 0.489 e. The summed E-state index contributed by atoms with van der Waals surface area (Å²) in [5.41, 5.74) is 1.21. The Morgan fingerprint density at radius 3 is 2.55 bits per heavy atom. The van der Waals surface area contributed by atoms with Crippen LogP contribution in [0.25, 0.3) is 0 Å². The summed E-state index contributed by atoms with van der Waals surface area (Å²) >= 11 is 6.10. The van der Waals surface area contributed by atoms with Gasteiger partial charge >= 0.3 is 0 Å². The Kier molecular flexibility index (Phi) is 5.09. The van der Waals surface area contributed by atoms with Crippen LogP contribution in [0, 0.1) is 0 Å². The molecule has 0 atom stereocenters. The van der Waals surface area contributed by atoms with E-state index in [0.717, 1.165) is 5.56 Å². The normalized spacial score (nSPS) is 11.1. The van der Waals surface area contributed by atoms with Gasteiger partial charge in [-0.1, -0.05) is 35.9 Å². The zero-order valence-electron chi connectivity index (χ0n) is 13.0. The monoisotopic (exact) mass is 317 g/mol. The van der Waals surface area contributed by atoms with Crippen molar-refractivity contribution >= 4 is 17.5 Å². The van der Waals surface area contributed by atoms with Crippen molar-refractivity contribution in [1.82, 2.24) is 5.32 Å². The van der Waals surface area contributed by atoms with E-state index in [2.05, 4.69) is 5.32 Å². The third-order valence-corrected chi connectivity index (χ3v) is 3.31. The van der Waals surface area contributed by atoms with Gasteiger partial charge in [0.15, 0.2) is 0 Å². The Labute approximate surface area is 136 Å². The van der Waals surface area contributed by atoms with Gasteiger partial charge in [0.25, 0.3) is 5.91 Å². The fraction of sp³-hybridized carbons (Fsp3) is 0.278. The summed E-state index contributed by atoms with van der Waals surface area (Å²) in [5, 5.41) is 3.60. The van der Waals surface area contributed by atoms with Crippen molar-refractivity contribution in [2.24, 2.45) is 0 Å². The highest BCUT2D eigenvalue weighted by Crippen LogP contribution is 2.19. The van der Waals surface area contributed by atoms with Crippen LogP contribution < -0.4 is 10.1 Å². The molecule has 0 unspecified atom stereocenters. The van der Waals surface area contributed by atoms with E-state index < -0.39 is 0 Å². The molecule has 0 saturated carbocycles. The zero-order valence-corrected chi connectivity index (χ0v) is 13.8. The average molecular weight is 318 g/mol. The zero-order chi connectivity index (χ0) is 16.2. The highest BCUT2D eigenvalue weighted by atomic mass is 35.5. The smallest absolute Gasteiger partial charge is 0.251 e. The summed E-state index contributed by atoms with van der Waals surface area (Å²) in [6, 6.07) is 14.7. The van der Waals surface area contributed by atoms with E-state index >= 15 is 0 Å². The number of nitrogens with one attached hydrogen (secondary N) is 1. The number of hydrogen-bond acceptors (Lipinski definition) is 2. The van der Waals surface area contributed by atoms with Gasteiger partial charge in [0.2, 0.25) is 0 Å². The van der Waals surface area contributed by atoms with Crippen molar-refractivity contribution in [3.63, 3.8) is 0 Å². The summed E-state index contributed by atoms with van der Waals surface area (Å²) < 4.78 is 5.73. The van der Waals surface area contributed by atoms with E-state index in [0.29, 0.717) is 22.9 Å². The SMILES string of the molecule is CC(C)(C)NC(=O)c1cccc(OCc2ccccc2Cl)c1. The van der Waals surface area contributed by atoms with Crippen molar-refractivity contribution in [3.05, 3.63) is 64.7 Å². The Morgan fingerprint density at radius 1 is 1.14 bits per heavy atom. The average Bonchev–Trinajstić information content (AvgIpc) is 2.45. The molecular formula is C18H20ClNO2. The fourth-order valence-corrected chi connectivity index (χ4v) is 2.11. The number of amides is 1. The molecule has 4 heteroatoms. The van der Waals surface area contributed by atoms with Crippen LogP contribution in [0.5, 0.6) is 5.75 Å². The predicted molar refractivity (Wildman–Crippen MR) is 89.4 cm³/mol. The molecule has 0 radical (unpaired) electrons. The number of ether oxygens (including phenoxy) is 1. The van der Waals surface area contributed by atoms with Gasteiger partial charge < -0.3 is 10.1 Å². The van der Waals surface area contributed by atoms with Gasteiger partial charge in [-0.25, -0.2) is 0 Å². The summed E-state index contributed by atoms with van der Waals surface area (Å²) in [4.78, 5) is 12.2. The number of halogens is 1. The van der Waals surface area contributed by atoms with Gasteiger partial charge in [-0.15, -0.1) is 0 Å². The number of hydrogen-bond donors (Lipinski definition) is 1. The molecule has 2 aromatic rings. The molecule has 0 aliphatic heterocycles. The molecule has 3 nitrogen and oxygen atoms in total. The minimum Gasteiger partial charge on any atom is -0.489 e. The van der Waals surface area contributed by atoms with Gasteiger partial charge in [0.1, 0.15) is 12.4 Å². The molecule has 0 bridgehead atoms. The van der Waals surface area contributed by atoms with Crippen LogP contribution >= 0.6 is 11.6 Å². The fourth-order valence-electron chi connectivity index (χ4n) is 1.92. The van der Waals surface area contributed by atoms with E-state index in [1.807, 2.05) is 51.1 Å². The summed E-state index contributed by atoms with van der Waals surface area (Å²) in [7, 11) is 0. The lowest BCUT2D eigenvalue weighted by Gasteiger charge is -2.20. The van der Waals surface area contributed by atoms with Gasteiger partial charge in [0.05, 0.1) is 0 Å². The van der Waals surface area contributed by atoms with Gasteiger partial charge in [-0.2, -0.15) is 0 Å². The molecule has 0 heterocycles. The summed E-state index contributed by atoms with van der Waals surface area (Å²) in [5.74, 6) is 0.525. The lowest BCUT2D eigenvalue weighted by atomic mass is 10.1. The first-order valence-electron chi connectivity index (χ1n) is 7.14. The quantitative estimate of drug-likeness (QED) is 0.905. The maximum absolute atomic E-state index is 12.2. The van der Waals surface area contributed by atoms with E-state index in [1.54, 1.807) is 18.2 Å². The first-order chi connectivity index (χ1) is 10.3. The van der Waals surface area contributed by atoms with Crippen LogP contribution in [0.3, 0.4) is 0 Å². The molecule has 0 spiro atoms. The number of benzene rings is 2. The third-order valence-electron chi connectivity index (χ3n) is 2.94. The van der Waals surface area contributed by atoms with Gasteiger partial charge in [-0.3, -0.25) is 4.79 Å². The van der Waals surface area contributed by atoms with Crippen molar-refractivity contribution in [1.29, 1.82) is 0 Å². The molecule has 0 aromatic heterocycles. The molecule has 1 amide bonds. The number of carbonyl (C=O) groups excluding carboxylic acids is 1. The second-order valence-electron chi connectivity index (χ2n) is 6.11. The van der Waals surface area contributed by atoms with Crippen molar-refractivity contribution in [3.8, 4) is 5.75 Å². The second kappa shape index (κ2) is 6.84. The molecule has 0 aliphatic rings. The van der Waals surface area contributed by atoms with Crippen LogP contribution in [0.4, 0.5) is 0 Å². The van der Waals surface area contributed by atoms with Crippen LogP contribution in [-0.4, -0.2) is 11.4 Å².